The van der Waals surface area contributed by atoms with Crippen LogP contribution in [0.25, 0.3) is 0 Å². The largest absolute Gasteiger partial charge is 0.491 e. The molecule has 2 N–H and O–H groups in total. The molecule has 0 spiro atoms. The maximum absolute atomic E-state index is 8.58. The third kappa shape index (κ3) is 35.5. The van der Waals surface area contributed by atoms with Crippen LogP contribution in [0.1, 0.15) is 64.4 Å². The third-order valence-electron chi connectivity index (χ3n) is 6.33. The first-order valence-corrected chi connectivity index (χ1v) is 17.3. The van der Waals surface area contributed by atoms with Gasteiger partial charge in [0.15, 0.2) is 0 Å². The lowest BCUT2D eigenvalue weighted by atomic mass is 10.0. The molecule has 0 fully saturated rings. The topological polar surface area (TPSA) is 124 Å². The maximum atomic E-state index is 8.58. The number of ether oxygens (including phenoxy) is 9. The van der Waals surface area contributed by atoms with Gasteiger partial charge in [0, 0.05) is 6.61 Å². The Morgan fingerprint density at radius 2 is 0.739 bits per heavy atom. The van der Waals surface area contributed by atoms with Gasteiger partial charge in [0.25, 0.3) is 0 Å². The second-order valence-corrected chi connectivity index (χ2v) is 10.3. The predicted molar refractivity (Wildman–Crippen MR) is 180 cm³/mol. The highest BCUT2D eigenvalue weighted by molar-refractivity contribution is 5.27. The van der Waals surface area contributed by atoms with Crippen LogP contribution in [0.2, 0.25) is 0 Å². The van der Waals surface area contributed by atoms with Crippen LogP contribution in [0.3, 0.4) is 0 Å². The lowest BCUT2D eigenvalue weighted by Crippen LogP contribution is -2.15. The first-order chi connectivity index (χ1) is 22.8. The quantitative estimate of drug-likeness (QED) is 0.100. The molecule has 0 saturated heterocycles. The highest BCUT2D eigenvalue weighted by Gasteiger charge is 1.99. The maximum Gasteiger partial charge on any atom is 0.119 e. The molecule has 46 heavy (non-hydrogen) atoms. The Labute approximate surface area is 279 Å². The van der Waals surface area contributed by atoms with E-state index in [-0.39, 0.29) is 13.2 Å². The summed E-state index contributed by atoms with van der Waals surface area (Å²) in [6.07, 6.45) is 10.5. The van der Waals surface area contributed by atoms with Gasteiger partial charge in [0.2, 0.25) is 0 Å². The Morgan fingerprint density at radius 1 is 0.413 bits per heavy atom. The van der Waals surface area contributed by atoms with E-state index in [0.29, 0.717) is 112 Å². The van der Waals surface area contributed by atoms with Crippen molar-refractivity contribution in [2.45, 2.75) is 65.2 Å². The molecule has 1 aromatic carbocycles. The summed E-state index contributed by atoms with van der Waals surface area (Å²) in [4.78, 5) is 0. The Kier molecular flexibility index (Phi) is 38.6. The van der Waals surface area contributed by atoms with Gasteiger partial charge >= 0.3 is 0 Å². The fraction of sp³-hybridized carbons (Fsp3) is 0.829. The lowest BCUT2D eigenvalue weighted by molar-refractivity contribution is -0.0242. The predicted octanol–water partition coefficient (Wildman–Crippen LogP) is 4.48. The summed E-state index contributed by atoms with van der Waals surface area (Å²) in [6.45, 7) is 12.8. The molecule has 0 radical (unpaired) electrons. The van der Waals surface area contributed by atoms with Crippen molar-refractivity contribution in [2.75, 3.05) is 126 Å². The number of unbranched alkanes of at least 4 members (excludes halogenated alkanes) is 6. The van der Waals surface area contributed by atoms with Crippen LogP contribution in [0.5, 0.6) is 5.75 Å². The van der Waals surface area contributed by atoms with E-state index in [4.69, 9.17) is 52.8 Å². The van der Waals surface area contributed by atoms with Gasteiger partial charge in [-0.1, -0.05) is 57.6 Å². The van der Waals surface area contributed by atoms with Crippen LogP contribution < -0.4 is 4.74 Å². The van der Waals surface area contributed by atoms with Crippen molar-refractivity contribution in [3.63, 3.8) is 0 Å². The van der Waals surface area contributed by atoms with E-state index in [1.807, 2.05) is 0 Å². The second kappa shape index (κ2) is 39.8. The van der Waals surface area contributed by atoms with E-state index in [0.717, 1.165) is 12.2 Å². The molecule has 0 heterocycles. The molecule has 0 aromatic heterocycles. The zero-order chi connectivity index (χ0) is 33.4. The Bertz CT molecular complexity index is 679. The van der Waals surface area contributed by atoms with E-state index in [1.165, 1.54) is 50.5 Å². The summed E-state index contributed by atoms with van der Waals surface area (Å²) < 4.78 is 49.1. The number of hydrogen-bond acceptors (Lipinski definition) is 11. The molecule has 0 bridgehead atoms. The zero-order valence-electron chi connectivity index (χ0n) is 29.0. The van der Waals surface area contributed by atoms with Gasteiger partial charge < -0.3 is 52.8 Å². The third-order valence-corrected chi connectivity index (χ3v) is 6.33. The minimum Gasteiger partial charge on any atom is -0.491 e. The number of hydrogen-bond donors (Lipinski definition) is 2. The summed E-state index contributed by atoms with van der Waals surface area (Å²) in [5.41, 5.74) is 1.38. The Hall–Kier alpha value is -1.38. The number of rotatable bonds is 35. The molecule has 272 valence electrons. The normalized spacial score (nSPS) is 11.0. The van der Waals surface area contributed by atoms with Crippen LogP contribution >= 0.6 is 0 Å². The van der Waals surface area contributed by atoms with Crippen molar-refractivity contribution in [3.8, 4) is 5.75 Å². The molecule has 0 aliphatic rings. The molecular formula is C35H66O11. The molecule has 0 amide bonds. The van der Waals surface area contributed by atoms with E-state index in [2.05, 4.69) is 31.2 Å². The summed E-state index contributed by atoms with van der Waals surface area (Å²) in [6, 6.07) is 8.45. The molecule has 0 aliphatic heterocycles. The van der Waals surface area contributed by atoms with Gasteiger partial charge in [-0.05, 0) is 37.5 Å². The van der Waals surface area contributed by atoms with Crippen molar-refractivity contribution < 1.29 is 52.8 Å². The fourth-order valence-corrected chi connectivity index (χ4v) is 3.96. The number of aryl methyl sites for hydroxylation is 1. The number of aliphatic hydroxyl groups is 2. The van der Waals surface area contributed by atoms with Crippen molar-refractivity contribution >= 4 is 0 Å². The monoisotopic (exact) mass is 662 g/mol. The molecular weight excluding hydrogens is 596 g/mol. The van der Waals surface area contributed by atoms with Gasteiger partial charge in [-0.2, -0.15) is 0 Å². The average Bonchev–Trinajstić information content (AvgIpc) is 3.07. The summed E-state index contributed by atoms with van der Waals surface area (Å²) in [5, 5.41) is 16.1. The highest BCUT2D eigenvalue weighted by atomic mass is 16.6. The summed E-state index contributed by atoms with van der Waals surface area (Å²) in [7, 11) is 0. The lowest BCUT2D eigenvalue weighted by Gasteiger charge is -2.09. The van der Waals surface area contributed by atoms with Gasteiger partial charge in [-0.15, -0.1) is 0 Å². The number of benzene rings is 1. The molecule has 0 unspecified atom stereocenters. The van der Waals surface area contributed by atoms with Gasteiger partial charge in [-0.25, -0.2) is 0 Å². The summed E-state index contributed by atoms with van der Waals surface area (Å²) >= 11 is 0. The average molecular weight is 663 g/mol. The smallest absolute Gasteiger partial charge is 0.119 e. The molecule has 11 heteroatoms. The molecule has 0 aliphatic carbocycles. The first-order valence-electron chi connectivity index (χ1n) is 17.3. The van der Waals surface area contributed by atoms with Gasteiger partial charge in [0.05, 0.1) is 112 Å². The van der Waals surface area contributed by atoms with Crippen LogP contribution in [-0.2, 0) is 44.3 Å². The van der Waals surface area contributed by atoms with Gasteiger partial charge in [-0.3, -0.25) is 0 Å². The van der Waals surface area contributed by atoms with Crippen molar-refractivity contribution in [1.29, 1.82) is 0 Å². The highest BCUT2D eigenvalue weighted by Crippen LogP contribution is 2.15. The minimum absolute atomic E-state index is 0.0298. The fourth-order valence-electron chi connectivity index (χ4n) is 3.96. The first kappa shape index (κ1) is 44.6. The van der Waals surface area contributed by atoms with Crippen LogP contribution in [0.4, 0.5) is 0 Å². The summed E-state index contributed by atoms with van der Waals surface area (Å²) in [5.74, 6) is 0.887. The van der Waals surface area contributed by atoms with Gasteiger partial charge in [0.1, 0.15) is 12.4 Å². The molecule has 1 rings (SSSR count). The van der Waals surface area contributed by atoms with E-state index in [1.54, 1.807) is 6.92 Å². The van der Waals surface area contributed by atoms with E-state index < -0.39 is 0 Å². The molecule has 11 nitrogen and oxygen atoms in total. The Morgan fingerprint density at radius 3 is 1.11 bits per heavy atom. The second-order valence-electron chi connectivity index (χ2n) is 10.3. The molecule has 0 atom stereocenters. The standard InChI is InChI=1S/C33H60O10.C2H6O/c1-2-3-4-5-6-7-8-9-32-10-12-33(13-11-32)43-31-30-42-29-28-41-27-26-40-25-24-39-23-22-38-21-20-37-19-18-36-17-16-35-15-14-34;1-2-3/h10-13,34H,2-9,14-31H2,1H3;3H,2H2,1H3. The van der Waals surface area contributed by atoms with Crippen LogP contribution in [-0.4, -0.2) is 136 Å². The van der Waals surface area contributed by atoms with Crippen LogP contribution in [0.15, 0.2) is 24.3 Å². The SMILES string of the molecule is CCCCCCCCCc1ccc(OCCOCCOCCOCCOCCOCCOCCOCCOCCO)cc1.CCO. The zero-order valence-corrected chi connectivity index (χ0v) is 29.0. The van der Waals surface area contributed by atoms with Crippen molar-refractivity contribution in [2.24, 2.45) is 0 Å². The van der Waals surface area contributed by atoms with Crippen molar-refractivity contribution in [3.05, 3.63) is 29.8 Å². The van der Waals surface area contributed by atoms with Crippen molar-refractivity contribution in [1.82, 2.24) is 0 Å². The minimum atomic E-state index is 0.0298. The van der Waals surface area contributed by atoms with E-state index in [9.17, 15) is 0 Å². The van der Waals surface area contributed by atoms with Crippen LogP contribution in [0, 0.1) is 0 Å². The van der Waals surface area contributed by atoms with E-state index >= 15 is 0 Å². The Balaban J connectivity index is 0.00000647. The molecule has 0 saturated carbocycles. The molecule has 1 aromatic rings. The number of aliphatic hydroxyl groups excluding tert-OH is 2.